The van der Waals surface area contributed by atoms with Crippen LogP contribution in [-0.2, 0) is 16.6 Å². The normalized spacial score (nSPS) is 11.5. The third-order valence-corrected chi connectivity index (χ3v) is 4.47. The Balaban J connectivity index is 2.12. The number of hydrogen-bond acceptors (Lipinski definition) is 6. The maximum atomic E-state index is 12.4. The number of rotatable bonds is 7. The largest absolute Gasteiger partial charge is 0.369 e. The molecule has 0 aliphatic heterocycles. The predicted octanol–water partition coefficient (Wildman–Crippen LogP) is 0.846. The summed E-state index contributed by atoms with van der Waals surface area (Å²) in [4.78, 5) is 4.20. The van der Waals surface area contributed by atoms with Crippen molar-refractivity contribution in [2.24, 2.45) is 0 Å². The van der Waals surface area contributed by atoms with Crippen LogP contribution in [0.3, 0.4) is 0 Å². The Bertz CT molecular complexity index is 689. The lowest BCUT2D eigenvalue weighted by Crippen LogP contribution is -2.28. The second-order valence-electron chi connectivity index (χ2n) is 4.09. The van der Waals surface area contributed by atoms with Crippen LogP contribution in [0.25, 0.3) is 0 Å². The van der Waals surface area contributed by atoms with E-state index in [1.165, 1.54) is 12.3 Å². The molecular weight excluding hydrogens is 360 g/mol. The number of sulfonamides is 1. The van der Waals surface area contributed by atoms with Gasteiger partial charge in [-0.25, -0.2) is 18.1 Å². The summed E-state index contributed by atoms with van der Waals surface area (Å²) in [6, 6.07) is 1.52. The first-order valence-corrected chi connectivity index (χ1v) is 8.53. The topological polar surface area (TPSA) is 102 Å². The zero-order chi connectivity index (χ0) is 15.3. The van der Waals surface area contributed by atoms with E-state index in [0.717, 1.165) is 0 Å². The Morgan fingerprint density at radius 2 is 2.24 bits per heavy atom. The van der Waals surface area contributed by atoms with Crippen molar-refractivity contribution in [2.45, 2.75) is 18.4 Å². The second kappa shape index (κ2) is 6.96. The molecule has 114 valence electrons. The highest BCUT2D eigenvalue weighted by atomic mass is 79.9. The molecule has 0 bridgehead atoms. The minimum absolute atomic E-state index is 0.109. The monoisotopic (exact) mass is 374 g/mol. The summed E-state index contributed by atoms with van der Waals surface area (Å²) in [7, 11) is -3.66. The highest BCUT2D eigenvalue weighted by Gasteiger charge is 2.19. The van der Waals surface area contributed by atoms with Gasteiger partial charge in [-0.2, -0.15) is 0 Å². The van der Waals surface area contributed by atoms with E-state index in [1.54, 1.807) is 17.1 Å². The molecule has 8 nitrogen and oxygen atoms in total. The molecule has 2 heterocycles. The van der Waals surface area contributed by atoms with Crippen LogP contribution in [0.5, 0.6) is 0 Å². The molecule has 2 aromatic heterocycles. The maximum Gasteiger partial charge on any atom is 0.244 e. The minimum Gasteiger partial charge on any atom is -0.369 e. The van der Waals surface area contributed by atoms with Crippen LogP contribution in [0.15, 0.2) is 34.0 Å². The summed E-state index contributed by atoms with van der Waals surface area (Å²) in [5.41, 5.74) is 0. The van der Waals surface area contributed by atoms with Crippen molar-refractivity contribution in [3.63, 3.8) is 0 Å². The van der Waals surface area contributed by atoms with E-state index in [0.29, 0.717) is 23.4 Å². The highest BCUT2D eigenvalue weighted by Crippen LogP contribution is 2.22. The molecule has 2 aromatic rings. The van der Waals surface area contributed by atoms with E-state index in [1.807, 2.05) is 6.92 Å². The first kappa shape index (κ1) is 15.9. The maximum absolute atomic E-state index is 12.4. The molecule has 0 spiro atoms. The van der Waals surface area contributed by atoms with Crippen molar-refractivity contribution in [1.29, 1.82) is 0 Å². The average molecular weight is 375 g/mol. The molecule has 0 saturated heterocycles. The summed E-state index contributed by atoms with van der Waals surface area (Å²) in [6.07, 6.45) is 4.75. The van der Waals surface area contributed by atoms with E-state index in [4.69, 9.17) is 0 Å². The van der Waals surface area contributed by atoms with Crippen LogP contribution < -0.4 is 10.0 Å². The fourth-order valence-corrected chi connectivity index (χ4v) is 3.31. The molecule has 0 saturated carbocycles. The molecule has 0 atom stereocenters. The third-order valence-electron chi connectivity index (χ3n) is 2.56. The van der Waals surface area contributed by atoms with Crippen LogP contribution in [0, 0.1) is 0 Å². The summed E-state index contributed by atoms with van der Waals surface area (Å²) >= 11 is 3.23. The van der Waals surface area contributed by atoms with Gasteiger partial charge in [0.05, 0.1) is 12.7 Å². The van der Waals surface area contributed by atoms with Gasteiger partial charge in [-0.1, -0.05) is 5.21 Å². The standard InChI is InChI=1S/C11H15BrN6O2S/c1-2-13-11-10(7-9(12)8-14-11)21(19,20)16-4-6-18-5-3-15-17-18/h3,5,7-8,16H,2,4,6H2,1H3,(H,13,14). The first-order valence-electron chi connectivity index (χ1n) is 6.26. The van der Waals surface area contributed by atoms with E-state index in [2.05, 4.69) is 41.3 Å². The van der Waals surface area contributed by atoms with E-state index < -0.39 is 10.0 Å². The van der Waals surface area contributed by atoms with Crippen molar-refractivity contribution < 1.29 is 8.42 Å². The van der Waals surface area contributed by atoms with Crippen molar-refractivity contribution in [2.75, 3.05) is 18.4 Å². The summed E-state index contributed by atoms with van der Waals surface area (Å²) in [5.74, 6) is 0.328. The average Bonchev–Trinajstić information content (AvgIpc) is 2.94. The Labute approximate surface area is 131 Å². The smallest absolute Gasteiger partial charge is 0.244 e. The fourth-order valence-electron chi connectivity index (χ4n) is 1.65. The van der Waals surface area contributed by atoms with Gasteiger partial charge in [0.15, 0.2) is 0 Å². The Kier molecular flexibility index (Phi) is 5.26. The number of hydrogen-bond donors (Lipinski definition) is 2. The molecule has 2 N–H and O–H groups in total. The number of nitrogens with one attached hydrogen (secondary N) is 2. The van der Waals surface area contributed by atoms with Crippen LogP contribution in [-0.4, -0.2) is 41.5 Å². The molecule has 0 aliphatic rings. The van der Waals surface area contributed by atoms with Gasteiger partial charge in [0.2, 0.25) is 10.0 Å². The van der Waals surface area contributed by atoms with Crippen LogP contribution in [0.4, 0.5) is 5.82 Å². The Morgan fingerprint density at radius 3 is 2.90 bits per heavy atom. The lowest BCUT2D eigenvalue weighted by molar-refractivity contribution is 0.553. The quantitative estimate of drug-likeness (QED) is 0.744. The Morgan fingerprint density at radius 1 is 1.43 bits per heavy atom. The molecule has 0 radical (unpaired) electrons. The summed E-state index contributed by atoms with van der Waals surface area (Å²) < 4.78 is 29.4. The molecule has 0 aliphatic carbocycles. The zero-order valence-electron chi connectivity index (χ0n) is 11.3. The molecule has 21 heavy (non-hydrogen) atoms. The van der Waals surface area contributed by atoms with Gasteiger partial charge in [0.25, 0.3) is 0 Å². The molecular formula is C11H15BrN6O2S. The van der Waals surface area contributed by atoms with Gasteiger partial charge in [0.1, 0.15) is 10.7 Å². The van der Waals surface area contributed by atoms with Gasteiger partial charge in [-0.15, -0.1) is 5.10 Å². The van der Waals surface area contributed by atoms with E-state index >= 15 is 0 Å². The van der Waals surface area contributed by atoms with Crippen molar-refractivity contribution in [3.05, 3.63) is 29.1 Å². The van der Waals surface area contributed by atoms with Crippen LogP contribution in [0.1, 0.15) is 6.92 Å². The van der Waals surface area contributed by atoms with Crippen LogP contribution in [0.2, 0.25) is 0 Å². The lowest BCUT2D eigenvalue weighted by atomic mass is 10.4. The predicted molar refractivity (Wildman–Crippen MR) is 81.3 cm³/mol. The molecule has 2 rings (SSSR count). The number of aromatic nitrogens is 4. The number of halogens is 1. The number of pyridine rings is 1. The van der Waals surface area contributed by atoms with Gasteiger partial charge >= 0.3 is 0 Å². The van der Waals surface area contributed by atoms with Crippen molar-refractivity contribution in [1.82, 2.24) is 24.7 Å². The van der Waals surface area contributed by atoms with Crippen LogP contribution >= 0.6 is 15.9 Å². The van der Waals surface area contributed by atoms with Gasteiger partial charge in [-0.05, 0) is 28.9 Å². The van der Waals surface area contributed by atoms with E-state index in [-0.39, 0.29) is 11.4 Å². The molecule has 10 heteroatoms. The first-order chi connectivity index (χ1) is 10.0. The fraction of sp³-hybridized carbons (Fsp3) is 0.364. The van der Waals surface area contributed by atoms with Gasteiger partial charge in [-0.3, -0.25) is 4.68 Å². The highest BCUT2D eigenvalue weighted by molar-refractivity contribution is 9.10. The molecule has 0 amide bonds. The lowest BCUT2D eigenvalue weighted by Gasteiger charge is -2.11. The number of nitrogens with zero attached hydrogens (tertiary/aromatic N) is 4. The third kappa shape index (κ3) is 4.22. The van der Waals surface area contributed by atoms with Crippen molar-refractivity contribution >= 4 is 31.8 Å². The summed E-state index contributed by atoms with van der Waals surface area (Å²) in [6.45, 7) is 3.06. The van der Waals surface area contributed by atoms with Gasteiger partial charge in [0, 0.05) is 30.0 Å². The molecule has 0 aromatic carbocycles. The van der Waals surface area contributed by atoms with E-state index in [9.17, 15) is 8.42 Å². The van der Waals surface area contributed by atoms with Gasteiger partial charge < -0.3 is 5.32 Å². The Hall–Kier alpha value is -1.52. The summed E-state index contributed by atoms with van der Waals surface area (Å²) in [5, 5.41) is 10.4. The molecule has 0 unspecified atom stereocenters. The minimum atomic E-state index is -3.66. The van der Waals surface area contributed by atoms with Crippen molar-refractivity contribution in [3.8, 4) is 0 Å². The second-order valence-corrected chi connectivity index (χ2v) is 6.75. The SMILES string of the molecule is CCNc1ncc(Br)cc1S(=O)(=O)NCCn1ccnn1. The molecule has 0 fully saturated rings. The zero-order valence-corrected chi connectivity index (χ0v) is 13.7. The number of anilines is 1.